The van der Waals surface area contributed by atoms with Crippen LogP contribution in [0.4, 0.5) is 10.8 Å². The molecular weight excluding hydrogens is 332 g/mol. The normalized spacial score (nSPS) is 13.0. The van der Waals surface area contributed by atoms with Gasteiger partial charge in [-0.25, -0.2) is 0 Å². The molecule has 0 radical (unpaired) electrons. The number of carbonyl (C=O) groups excluding carboxylic acids is 1. The number of nitrogens with one attached hydrogen (secondary N) is 2. The molecule has 9 nitrogen and oxygen atoms in total. The van der Waals surface area contributed by atoms with E-state index in [0.29, 0.717) is 17.2 Å². The van der Waals surface area contributed by atoms with E-state index in [1.807, 2.05) is 0 Å². The van der Waals surface area contributed by atoms with Gasteiger partial charge in [0.05, 0.1) is 5.69 Å². The monoisotopic (exact) mass is 342 g/mol. The van der Waals surface area contributed by atoms with E-state index in [1.165, 1.54) is 13.0 Å². The summed E-state index contributed by atoms with van der Waals surface area (Å²) in [5.41, 5.74) is 0.306. The SMILES string of the molecule is CC(=O)Nc1nnc(S(=O)(=O)Nc2ccc3c(c2)OCO3)s1. The Morgan fingerprint density at radius 1 is 1.27 bits per heavy atom. The van der Waals surface area contributed by atoms with Crippen LogP contribution in [0.25, 0.3) is 0 Å². The molecule has 0 saturated carbocycles. The van der Waals surface area contributed by atoms with Gasteiger partial charge < -0.3 is 14.8 Å². The Morgan fingerprint density at radius 2 is 2.05 bits per heavy atom. The number of benzene rings is 1. The summed E-state index contributed by atoms with van der Waals surface area (Å²) in [6.45, 7) is 1.39. The van der Waals surface area contributed by atoms with Gasteiger partial charge >= 0.3 is 0 Å². The predicted octanol–water partition coefficient (Wildman–Crippen LogP) is 1.03. The Bertz CT molecular complexity index is 833. The number of carbonyl (C=O) groups is 1. The molecule has 0 fully saturated rings. The van der Waals surface area contributed by atoms with Crippen molar-refractivity contribution in [2.75, 3.05) is 16.8 Å². The molecule has 0 atom stereocenters. The van der Waals surface area contributed by atoms with E-state index >= 15 is 0 Å². The topological polar surface area (TPSA) is 120 Å². The Morgan fingerprint density at radius 3 is 2.82 bits per heavy atom. The van der Waals surface area contributed by atoms with Gasteiger partial charge in [0.2, 0.25) is 17.8 Å². The molecule has 2 aromatic rings. The Hall–Kier alpha value is -2.40. The molecule has 1 aromatic carbocycles. The van der Waals surface area contributed by atoms with Crippen LogP contribution in [0, 0.1) is 0 Å². The molecule has 3 rings (SSSR count). The lowest BCUT2D eigenvalue weighted by Gasteiger charge is -2.05. The molecule has 0 unspecified atom stereocenters. The number of sulfonamides is 1. The number of hydrogen-bond acceptors (Lipinski definition) is 8. The van der Waals surface area contributed by atoms with Crippen molar-refractivity contribution in [1.82, 2.24) is 10.2 Å². The van der Waals surface area contributed by atoms with Crippen LogP contribution < -0.4 is 19.5 Å². The second-order valence-electron chi connectivity index (χ2n) is 4.23. The smallest absolute Gasteiger partial charge is 0.291 e. The molecule has 2 N–H and O–H groups in total. The fraction of sp³-hybridized carbons (Fsp3) is 0.182. The Labute approximate surface area is 129 Å². The first kappa shape index (κ1) is 14.5. The first-order valence-corrected chi connectivity index (χ1v) is 8.27. The van der Waals surface area contributed by atoms with Crippen LogP contribution in [-0.2, 0) is 14.8 Å². The van der Waals surface area contributed by atoms with Gasteiger partial charge in [-0.1, -0.05) is 11.3 Å². The molecule has 11 heteroatoms. The summed E-state index contributed by atoms with van der Waals surface area (Å²) in [6.07, 6.45) is 0. The number of amides is 1. The lowest BCUT2D eigenvalue weighted by molar-refractivity contribution is -0.114. The van der Waals surface area contributed by atoms with Gasteiger partial charge in [-0.15, -0.1) is 10.2 Å². The maximum absolute atomic E-state index is 12.2. The predicted molar refractivity (Wildman–Crippen MR) is 77.6 cm³/mol. The molecule has 0 aliphatic carbocycles. The van der Waals surface area contributed by atoms with Crippen LogP contribution in [0.5, 0.6) is 11.5 Å². The summed E-state index contributed by atoms with van der Waals surface area (Å²) in [7, 11) is -3.90. The maximum Gasteiger partial charge on any atom is 0.291 e. The molecule has 1 amide bonds. The average Bonchev–Trinajstić information content (AvgIpc) is 3.06. The highest BCUT2D eigenvalue weighted by Crippen LogP contribution is 2.35. The van der Waals surface area contributed by atoms with Gasteiger partial charge in [-0.3, -0.25) is 9.52 Å². The minimum Gasteiger partial charge on any atom is -0.454 e. The van der Waals surface area contributed by atoms with Crippen molar-refractivity contribution in [2.24, 2.45) is 0 Å². The van der Waals surface area contributed by atoms with E-state index in [-0.39, 0.29) is 22.2 Å². The summed E-state index contributed by atoms with van der Waals surface area (Å²) in [5.74, 6) is 0.645. The molecule has 1 aliphatic rings. The highest BCUT2D eigenvalue weighted by molar-refractivity contribution is 7.94. The van der Waals surface area contributed by atoms with Crippen molar-refractivity contribution in [3.05, 3.63) is 18.2 Å². The number of nitrogens with zero attached hydrogens (tertiary/aromatic N) is 2. The van der Waals surface area contributed by atoms with Crippen LogP contribution in [0.1, 0.15) is 6.92 Å². The van der Waals surface area contributed by atoms with Gasteiger partial charge in [0.15, 0.2) is 11.5 Å². The zero-order valence-electron chi connectivity index (χ0n) is 11.2. The van der Waals surface area contributed by atoms with E-state index < -0.39 is 10.0 Å². The van der Waals surface area contributed by atoms with Crippen LogP contribution in [0.15, 0.2) is 22.5 Å². The molecule has 0 spiro atoms. The number of aromatic nitrogens is 2. The Balaban J connectivity index is 1.81. The molecule has 0 bridgehead atoms. The standard InChI is InChI=1S/C11H10N4O5S2/c1-6(16)12-10-13-14-11(21-10)22(17,18)15-7-2-3-8-9(4-7)20-5-19-8/h2-4,15H,5H2,1H3,(H,12,13,16). The maximum atomic E-state index is 12.2. The molecular formula is C11H10N4O5S2. The van der Waals surface area contributed by atoms with E-state index in [2.05, 4.69) is 20.2 Å². The van der Waals surface area contributed by atoms with Gasteiger partial charge in [-0.2, -0.15) is 8.42 Å². The second kappa shape index (κ2) is 5.42. The summed E-state index contributed by atoms with van der Waals surface area (Å²) in [5, 5.41) is 9.63. The number of anilines is 2. The number of hydrogen-bond donors (Lipinski definition) is 2. The zero-order chi connectivity index (χ0) is 15.7. The van der Waals surface area contributed by atoms with Crippen molar-refractivity contribution < 1.29 is 22.7 Å². The van der Waals surface area contributed by atoms with Gasteiger partial charge in [0.1, 0.15) is 0 Å². The summed E-state index contributed by atoms with van der Waals surface area (Å²) >= 11 is 0.752. The van der Waals surface area contributed by atoms with E-state index in [4.69, 9.17) is 9.47 Å². The van der Waals surface area contributed by atoms with Gasteiger partial charge in [-0.05, 0) is 12.1 Å². The van der Waals surface area contributed by atoms with Crippen molar-refractivity contribution in [3.63, 3.8) is 0 Å². The quantitative estimate of drug-likeness (QED) is 0.796. The molecule has 1 aromatic heterocycles. The summed E-state index contributed by atoms with van der Waals surface area (Å²) in [6, 6.07) is 4.65. The third kappa shape index (κ3) is 2.94. The van der Waals surface area contributed by atoms with Crippen LogP contribution >= 0.6 is 11.3 Å². The van der Waals surface area contributed by atoms with Crippen molar-refractivity contribution in [3.8, 4) is 11.5 Å². The molecule has 1 aliphatic heterocycles. The van der Waals surface area contributed by atoms with Crippen LogP contribution in [0.2, 0.25) is 0 Å². The van der Waals surface area contributed by atoms with E-state index in [9.17, 15) is 13.2 Å². The number of rotatable bonds is 4. The minimum absolute atomic E-state index is 0.0992. The average molecular weight is 342 g/mol. The number of fused-ring (bicyclic) bond motifs is 1. The van der Waals surface area contributed by atoms with E-state index in [0.717, 1.165) is 11.3 Å². The van der Waals surface area contributed by atoms with Crippen LogP contribution in [-0.4, -0.2) is 31.3 Å². The third-order valence-electron chi connectivity index (χ3n) is 2.54. The largest absolute Gasteiger partial charge is 0.454 e. The second-order valence-corrected chi connectivity index (χ2v) is 7.06. The molecule has 116 valence electrons. The van der Waals surface area contributed by atoms with Crippen LogP contribution in [0.3, 0.4) is 0 Å². The first-order valence-electron chi connectivity index (χ1n) is 5.97. The lowest BCUT2D eigenvalue weighted by atomic mass is 10.3. The van der Waals surface area contributed by atoms with E-state index in [1.54, 1.807) is 12.1 Å². The summed E-state index contributed by atoms with van der Waals surface area (Å²) in [4.78, 5) is 10.9. The zero-order valence-corrected chi connectivity index (χ0v) is 12.8. The molecule has 0 saturated heterocycles. The lowest BCUT2D eigenvalue weighted by Crippen LogP contribution is -2.12. The fourth-order valence-corrected chi connectivity index (χ4v) is 3.68. The van der Waals surface area contributed by atoms with Gasteiger partial charge in [0, 0.05) is 13.0 Å². The minimum atomic E-state index is -3.90. The van der Waals surface area contributed by atoms with Crippen molar-refractivity contribution in [2.45, 2.75) is 11.3 Å². The van der Waals surface area contributed by atoms with Gasteiger partial charge in [0.25, 0.3) is 14.4 Å². The molecule has 2 heterocycles. The summed E-state index contributed by atoms with van der Waals surface area (Å²) < 4.78 is 36.9. The molecule has 22 heavy (non-hydrogen) atoms. The number of ether oxygens (including phenoxy) is 2. The Kier molecular flexibility index (Phi) is 3.58. The highest BCUT2D eigenvalue weighted by atomic mass is 32.2. The highest BCUT2D eigenvalue weighted by Gasteiger charge is 2.22. The third-order valence-corrected chi connectivity index (χ3v) is 5.13. The fourth-order valence-electron chi connectivity index (χ4n) is 1.68. The first-order chi connectivity index (χ1) is 10.4. The van der Waals surface area contributed by atoms with Crippen molar-refractivity contribution >= 4 is 38.1 Å². The van der Waals surface area contributed by atoms with Crippen molar-refractivity contribution in [1.29, 1.82) is 0 Å².